The molecule has 0 saturated carbocycles. The third kappa shape index (κ3) is 3.68. The molecule has 3 heterocycles. The van der Waals surface area contributed by atoms with E-state index in [1.165, 1.54) is 22.3 Å². The molecular weight excluding hydrogens is 578 g/mol. The quantitative estimate of drug-likeness (QED) is 0.200. The van der Waals surface area contributed by atoms with Crippen LogP contribution in [0.15, 0.2) is 136 Å². The molecule has 0 radical (unpaired) electrons. The van der Waals surface area contributed by atoms with Gasteiger partial charge in [0.1, 0.15) is 22.3 Å². The molecule has 6 aromatic carbocycles. The van der Waals surface area contributed by atoms with Crippen molar-refractivity contribution in [2.45, 2.75) is 19.3 Å². The Morgan fingerprint density at radius 1 is 0.468 bits per heavy atom. The summed E-state index contributed by atoms with van der Waals surface area (Å²) in [6.45, 7) is 4.61. The van der Waals surface area contributed by atoms with Gasteiger partial charge in [0.15, 0.2) is 17.5 Å². The van der Waals surface area contributed by atoms with Crippen LogP contribution in [-0.4, -0.2) is 15.0 Å². The zero-order chi connectivity index (χ0) is 31.3. The van der Waals surface area contributed by atoms with Gasteiger partial charge in [0, 0.05) is 32.5 Å². The first-order valence-electron chi connectivity index (χ1n) is 15.9. The summed E-state index contributed by atoms with van der Waals surface area (Å²) in [5.41, 5.74) is 10.5. The second-order valence-corrected chi connectivity index (χ2v) is 12.8. The molecule has 1 aliphatic carbocycles. The SMILES string of the molecule is CC1(C)c2ccccc2-c2cc(-c3nc(-c4ccccc4)nc(-c4cccc5c4oc4ccccc45)n3)c3oc4ccccc4c3c21. The first-order valence-corrected chi connectivity index (χ1v) is 15.9. The Kier molecular flexibility index (Phi) is 5.28. The van der Waals surface area contributed by atoms with Crippen LogP contribution in [0.3, 0.4) is 0 Å². The second-order valence-electron chi connectivity index (χ2n) is 12.8. The van der Waals surface area contributed by atoms with Gasteiger partial charge in [-0.05, 0) is 46.5 Å². The predicted molar refractivity (Wildman–Crippen MR) is 188 cm³/mol. The van der Waals surface area contributed by atoms with Crippen molar-refractivity contribution in [2.75, 3.05) is 0 Å². The van der Waals surface area contributed by atoms with Gasteiger partial charge < -0.3 is 8.83 Å². The Bertz CT molecular complexity index is 2720. The van der Waals surface area contributed by atoms with Crippen LogP contribution in [0.25, 0.3) is 89.2 Å². The molecule has 47 heavy (non-hydrogen) atoms. The molecule has 0 saturated heterocycles. The Morgan fingerprint density at radius 2 is 1.06 bits per heavy atom. The topological polar surface area (TPSA) is 65.0 Å². The summed E-state index contributed by atoms with van der Waals surface area (Å²) in [4.78, 5) is 15.4. The van der Waals surface area contributed by atoms with E-state index in [2.05, 4.69) is 68.4 Å². The molecule has 222 valence electrons. The second kappa shape index (κ2) is 9.47. The van der Waals surface area contributed by atoms with E-state index in [1.54, 1.807) is 0 Å². The number of aromatic nitrogens is 3. The van der Waals surface area contributed by atoms with Gasteiger partial charge in [-0.25, -0.2) is 15.0 Å². The number of hydrogen-bond donors (Lipinski definition) is 0. The maximum atomic E-state index is 6.74. The lowest BCUT2D eigenvalue weighted by Gasteiger charge is -2.22. The van der Waals surface area contributed by atoms with E-state index in [-0.39, 0.29) is 5.41 Å². The average molecular weight is 606 g/mol. The fourth-order valence-corrected chi connectivity index (χ4v) is 7.58. The number of nitrogens with zero attached hydrogens (tertiary/aromatic N) is 3. The third-order valence-electron chi connectivity index (χ3n) is 9.72. The fourth-order valence-electron chi connectivity index (χ4n) is 7.58. The van der Waals surface area contributed by atoms with Gasteiger partial charge in [-0.3, -0.25) is 0 Å². The van der Waals surface area contributed by atoms with Crippen LogP contribution in [0.2, 0.25) is 0 Å². The first kappa shape index (κ1) is 26.2. The van der Waals surface area contributed by atoms with Crippen molar-refractivity contribution in [3.63, 3.8) is 0 Å². The minimum Gasteiger partial charge on any atom is -0.455 e. The number of hydrogen-bond acceptors (Lipinski definition) is 5. The van der Waals surface area contributed by atoms with Crippen LogP contribution in [0.1, 0.15) is 25.0 Å². The summed E-state index contributed by atoms with van der Waals surface area (Å²) in [6, 6.07) is 43.5. The largest absolute Gasteiger partial charge is 0.455 e. The zero-order valence-electron chi connectivity index (χ0n) is 25.8. The highest BCUT2D eigenvalue weighted by atomic mass is 16.3. The molecule has 9 aromatic rings. The van der Waals surface area contributed by atoms with Gasteiger partial charge in [0.25, 0.3) is 0 Å². The summed E-state index contributed by atoms with van der Waals surface area (Å²) >= 11 is 0. The van der Waals surface area contributed by atoms with Gasteiger partial charge >= 0.3 is 0 Å². The molecule has 0 fully saturated rings. The highest BCUT2D eigenvalue weighted by Crippen LogP contribution is 2.54. The summed E-state index contributed by atoms with van der Waals surface area (Å²) in [7, 11) is 0. The Hall–Kier alpha value is -6.07. The minimum atomic E-state index is -0.217. The molecule has 0 atom stereocenters. The molecule has 5 heteroatoms. The molecule has 1 aliphatic rings. The number of benzene rings is 6. The number of furan rings is 2. The van der Waals surface area contributed by atoms with E-state index in [1.807, 2.05) is 72.8 Å². The molecule has 0 bridgehead atoms. The van der Waals surface area contributed by atoms with Gasteiger partial charge in [0.05, 0.1) is 11.1 Å². The van der Waals surface area contributed by atoms with E-state index in [0.717, 1.165) is 60.6 Å². The molecule has 0 amide bonds. The zero-order valence-corrected chi connectivity index (χ0v) is 25.8. The Balaban J connectivity index is 1.32. The van der Waals surface area contributed by atoms with Crippen molar-refractivity contribution < 1.29 is 8.83 Å². The van der Waals surface area contributed by atoms with Gasteiger partial charge in [-0.1, -0.05) is 117 Å². The van der Waals surface area contributed by atoms with Crippen molar-refractivity contribution in [1.29, 1.82) is 0 Å². The van der Waals surface area contributed by atoms with Crippen LogP contribution in [0.5, 0.6) is 0 Å². The summed E-state index contributed by atoms with van der Waals surface area (Å²) in [5.74, 6) is 1.68. The normalized spacial score (nSPS) is 13.5. The minimum absolute atomic E-state index is 0.217. The predicted octanol–water partition coefficient (Wildman–Crippen LogP) is 11.0. The maximum Gasteiger partial charge on any atom is 0.167 e. The summed E-state index contributed by atoms with van der Waals surface area (Å²) in [5, 5.41) is 4.28. The van der Waals surface area contributed by atoms with E-state index in [0.29, 0.717) is 17.5 Å². The fraction of sp³-hybridized carbons (Fsp3) is 0.0714. The standard InChI is InChI=1S/C42H27N3O2/c1-42(2)32-20-9-6-15-25(32)30-23-31(38-35(36(30)42)28-17-8-11-22-34(28)47-38)41-44-39(24-13-4-3-5-14-24)43-40(45-41)29-19-12-18-27-26-16-7-10-21-33(26)46-37(27)29/h3-23H,1-2H3. The van der Waals surface area contributed by atoms with Crippen LogP contribution in [-0.2, 0) is 5.41 Å². The van der Waals surface area contributed by atoms with Crippen LogP contribution in [0.4, 0.5) is 0 Å². The van der Waals surface area contributed by atoms with Crippen molar-refractivity contribution in [2.24, 2.45) is 0 Å². The van der Waals surface area contributed by atoms with Crippen LogP contribution in [0, 0.1) is 0 Å². The van der Waals surface area contributed by atoms with Crippen LogP contribution >= 0.6 is 0 Å². The average Bonchev–Trinajstić information content (AvgIpc) is 3.76. The molecule has 0 aliphatic heterocycles. The van der Waals surface area contributed by atoms with Crippen LogP contribution < -0.4 is 0 Å². The highest BCUT2D eigenvalue weighted by molar-refractivity contribution is 6.15. The van der Waals surface area contributed by atoms with Crippen molar-refractivity contribution in [1.82, 2.24) is 15.0 Å². The molecule has 0 spiro atoms. The highest BCUT2D eigenvalue weighted by Gasteiger charge is 2.39. The van der Waals surface area contributed by atoms with Crippen molar-refractivity contribution in [3.05, 3.63) is 139 Å². The lowest BCUT2D eigenvalue weighted by Crippen LogP contribution is -2.15. The first-order chi connectivity index (χ1) is 23.1. The lowest BCUT2D eigenvalue weighted by atomic mass is 9.80. The lowest BCUT2D eigenvalue weighted by molar-refractivity contribution is 0.657. The maximum absolute atomic E-state index is 6.74. The smallest absolute Gasteiger partial charge is 0.167 e. The molecule has 0 N–H and O–H groups in total. The number of para-hydroxylation sites is 3. The molecule has 3 aromatic heterocycles. The third-order valence-corrected chi connectivity index (χ3v) is 9.72. The monoisotopic (exact) mass is 605 g/mol. The van der Waals surface area contributed by atoms with E-state index < -0.39 is 0 Å². The Labute approximate surface area is 270 Å². The summed E-state index contributed by atoms with van der Waals surface area (Å²) < 4.78 is 13.2. The number of fused-ring (bicyclic) bond motifs is 10. The van der Waals surface area contributed by atoms with E-state index >= 15 is 0 Å². The summed E-state index contributed by atoms with van der Waals surface area (Å²) in [6.07, 6.45) is 0. The van der Waals surface area contributed by atoms with E-state index in [9.17, 15) is 0 Å². The number of rotatable bonds is 3. The molecular formula is C42H27N3O2. The van der Waals surface area contributed by atoms with E-state index in [4.69, 9.17) is 23.8 Å². The van der Waals surface area contributed by atoms with Crippen molar-refractivity contribution in [3.8, 4) is 45.3 Å². The van der Waals surface area contributed by atoms with Gasteiger partial charge in [0.2, 0.25) is 0 Å². The molecule has 10 rings (SSSR count). The van der Waals surface area contributed by atoms with Gasteiger partial charge in [-0.15, -0.1) is 0 Å². The molecule has 0 unspecified atom stereocenters. The van der Waals surface area contributed by atoms with Crippen molar-refractivity contribution >= 4 is 43.9 Å². The Morgan fingerprint density at radius 3 is 1.89 bits per heavy atom. The van der Waals surface area contributed by atoms with Gasteiger partial charge in [-0.2, -0.15) is 0 Å². The molecule has 5 nitrogen and oxygen atoms in total.